The van der Waals surface area contributed by atoms with Gasteiger partial charge in [-0.3, -0.25) is 19.3 Å². The Labute approximate surface area is 157 Å². The number of esters is 1. The lowest BCUT2D eigenvalue weighted by atomic mass is 10.1. The highest BCUT2D eigenvalue weighted by Crippen LogP contribution is 2.31. The van der Waals surface area contributed by atoms with E-state index in [1.807, 2.05) is 20.8 Å². The molecule has 0 aromatic heterocycles. The van der Waals surface area contributed by atoms with Crippen LogP contribution < -0.4 is 4.90 Å². The zero-order valence-electron chi connectivity index (χ0n) is 15.0. The van der Waals surface area contributed by atoms with E-state index in [-0.39, 0.29) is 23.3 Å². The van der Waals surface area contributed by atoms with Crippen LogP contribution >= 0.6 is 23.4 Å². The van der Waals surface area contributed by atoms with Gasteiger partial charge in [-0.05, 0) is 51.0 Å². The predicted molar refractivity (Wildman–Crippen MR) is 102 cm³/mol. The molecule has 1 rings (SSSR count). The third-order valence-corrected chi connectivity index (χ3v) is 4.60. The van der Waals surface area contributed by atoms with E-state index in [1.54, 1.807) is 19.1 Å². The van der Waals surface area contributed by atoms with E-state index in [2.05, 4.69) is 0 Å². The van der Waals surface area contributed by atoms with E-state index in [9.17, 15) is 14.4 Å². The number of benzene rings is 1. The highest BCUT2D eigenvalue weighted by molar-refractivity contribution is 8.14. The normalized spacial score (nSPS) is 10.2. The van der Waals surface area contributed by atoms with Crippen molar-refractivity contribution < 1.29 is 19.1 Å². The number of rotatable bonds is 6. The van der Waals surface area contributed by atoms with Gasteiger partial charge in [-0.1, -0.05) is 35.0 Å². The van der Waals surface area contributed by atoms with Crippen LogP contribution in [0.3, 0.4) is 0 Å². The summed E-state index contributed by atoms with van der Waals surface area (Å²) in [5.74, 6) is -0.988. The van der Waals surface area contributed by atoms with Crippen molar-refractivity contribution in [3.8, 4) is 0 Å². The average Bonchev–Trinajstić information content (AvgIpc) is 2.54. The largest absolute Gasteiger partial charge is 0.468 e. The monoisotopic (exact) mass is 383 g/mol. The summed E-state index contributed by atoms with van der Waals surface area (Å²) in [5.41, 5.74) is 2.93. The number of allylic oxidation sites excluding steroid dienone is 1. The maximum atomic E-state index is 12.7. The Bertz CT molecular complexity index is 711. The average molecular weight is 384 g/mol. The van der Waals surface area contributed by atoms with E-state index in [0.717, 1.165) is 22.9 Å². The van der Waals surface area contributed by atoms with E-state index >= 15 is 0 Å². The Morgan fingerprint density at radius 3 is 2.44 bits per heavy atom. The minimum atomic E-state index is -0.548. The molecule has 0 heterocycles. The third-order valence-electron chi connectivity index (χ3n) is 3.40. The molecule has 0 aliphatic heterocycles. The first-order valence-corrected chi connectivity index (χ1v) is 8.98. The van der Waals surface area contributed by atoms with Crippen LogP contribution in [0.1, 0.15) is 25.0 Å². The molecular weight excluding hydrogens is 362 g/mol. The number of ether oxygens (including phenoxy) is 1. The highest BCUT2D eigenvalue weighted by Gasteiger charge is 2.24. The molecule has 0 aliphatic rings. The number of thioether (sulfide) groups is 1. The van der Waals surface area contributed by atoms with Crippen LogP contribution in [-0.2, 0) is 19.1 Å². The van der Waals surface area contributed by atoms with Crippen LogP contribution in [0.4, 0.5) is 5.69 Å². The van der Waals surface area contributed by atoms with Gasteiger partial charge in [0.2, 0.25) is 11.0 Å². The predicted octanol–water partition coefficient (Wildman–Crippen LogP) is 3.69. The molecule has 0 saturated heterocycles. The maximum Gasteiger partial charge on any atom is 0.325 e. The van der Waals surface area contributed by atoms with Gasteiger partial charge in [-0.15, -0.1) is 0 Å². The second kappa shape index (κ2) is 9.63. The van der Waals surface area contributed by atoms with Gasteiger partial charge in [0, 0.05) is 5.02 Å². The fourth-order valence-corrected chi connectivity index (χ4v) is 3.09. The summed E-state index contributed by atoms with van der Waals surface area (Å²) in [4.78, 5) is 37.6. The number of hydrogen-bond donors (Lipinski definition) is 0. The number of halogens is 1. The molecule has 0 bridgehead atoms. The molecule has 0 saturated carbocycles. The molecule has 0 N–H and O–H groups in total. The first-order valence-electron chi connectivity index (χ1n) is 7.62. The smallest absolute Gasteiger partial charge is 0.325 e. The van der Waals surface area contributed by atoms with Gasteiger partial charge in [0.05, 0.1) is 18.6 Å². The number of nitrogens with zero attached hydrogens (tertiary/aromatic N) is 1. The lowest BCUT2D eigenvalue weighted by molar-refractivity contribution is -0.139. The van der Waals surface area contributed by atoms with Gasteiger partial charge >= 0.3 is 5.97 Å². The lowest BCUT2D eigenvalue weighted by Gasteiger charge is -2.25. The second-order valence-electron chi connectivity index (χ2n) is 5.72. The molecule has 0 atom stereocenters. The summed E-state index contributed by atoms with van der Waals surface area (Å²) in [6, 6.07) is 3.52. The minimum Gasteiger partial charge on any atom is -0.468 e. The number of methoxy groups -OCH3 is 1. The van der Waals surface area contributed by atoms with Crippen LogP contribution in [0, 0.1) is 13.8 Å². The Morgan fingerprint density at radius 1 is 1.24 bits per heavy atom. The van der Waals surface area contributed by atoms with Crippen molar-refractivity contribution in [2.24, 2.45) is 0 Å². The molecule has 1 aromatic rings. The highest BCUT2D eigenvalue weighted by atomic mass is 35.5. The molecule has 7 heteroatoms. The molecule has 25 heavy (non-hydrogen) atoms. The van der Waals surface area contributed by atoms with Crippen molar-refractivity contribution in [2.45, 2.75) is 27.7 Å². The lowest BCUT2D eigenvalue weighted by Crippen LogP contribution is -2.38. The molecule has 136 valence electrons. The van der Waals surface area contributed by atoms with E-state index in [0.29, 0.717) is 16.3 Å². The quantitative estimate of drug-likeness (QED) is 0.553. The van der Waals surface area contributed by atoms with Crippen molar-refractivity contribution in [2.75, 3.05) is 24.3 Å². The maximum absolute atomic E-state index is 12.7. The topological polar surface area (TPSA) is 63.7 Å². The van der Waals surface area contributed by atoms with Crippen LogP contribution in [0.15, 0.2) is 23.8 Å². The summed E-state index contributed by atoms with van der Waals surface area (Å²) in [5, 5.41) is 0.294. The Kier molecular flexibility index (Phi) is 8.19. The van der Waals surface area contributed by atoms with E-state index < -0.39 is 5.97 Å². The molecule has 0 fully saturated rings. The summed E-state index contributed by atoms with van der Waals surface area (Å²) < 4.78 is 4.69. The Balaban J connectivity index is 3.11. The fourth-order valence-electron chi connectivity index (χ4n) is 2.20. The molecule has 1 aromatic carbocycles. The van der Waals surface area contributed by atoms with Crippen molar-refractivity contribution in [3.63, 3.8) is 0 Å². The molecule has 0 spiro atoms. The molecule has 5 nitrogen and oxygen atoms in total. The van der Waals surface area contributed by atoms with Crippen molar-refractivity contribution in [1.82, 2.24) is 0 Å². The summed E-state index contributed by atoms with van der Waals surface area (Å²) in [6.07, 6.45) is 1.47. The van der Waals surface area contributed by atoms with Gasteiger partial charge in [0.15, 0.2) is 0 Å². The van der Waals surface area contributed by atoms with Crippen LogP contribution in [-0.4, -0.2) is 36.4 Å². The molecule has 1 amide bonds. The number of carbonyl (C=O) groups excluding carboxylic acids is 3. The van der Waals surface area contributed by atoms with E-state index in [4.69, 9.17) is 16.3 Å². The number of aryl methyl sites for hydroxylation is 1. The molecule has 0 radical (unpaired) electrons. The second-order valence-corrected chi connectivity index (χ2v) is 7.11. The van der Waals surface area contributed by atoms with E-state index in [1.165, 1.54) is 18.1 Å². The number of anilines is 1. The van der Waals surface area contributed by atoms with Crippen LogP contribution in [0.5, 0.6) is 0 Å². The Morgan fingerprint density at radius 2 is 1.88 bits per heavy atom. The Hall–Kier alpha value is -1.79. The summed E-state index contributed by atoms with van der Waals surface area (Å²) in [6.45, 7) is 6.99. The minimum absolute atomic E-state index is 0.0784. The van der Waals surface area contributed by atoms with Crippen molar-refractivity contribution in [3.05, 3.63) is 39.9 Å². The molecular formula is C18H22ClNO4S. The fraction of sp³-hybridized carbons (Fsp3) is 0.389. The zero-order chi connectivity index (χ0) is 19.1. The summed E-state index contributed by atoms with van der Waals surface area (Å²) >= 11 is 7.06. The number of carbonyl (C=O) groups is 3. The van der Waals surface area contributed by atoms with Crippen molar-refractivity contribution >= 4 is 46.0 Å². The first-order chi connectivity index (χ1) is 11.7. The van der Waals surface area contributed by atoms with Gasteiger partial charge < -0.3 is 4.74 Å². The van der Waals surface area contributed by atoms with Crippen LogP contribution in [0.25, 0.3) is 0 Å². The standard InChI is InChI=1S/C18H22ClNO4S/c1-11(2)8-17(23)25-10-15(21)20(9-16(22)24-5)18-12(3)6-7-14(19)13(18)4/h6-8H,9-10H2,1-5H3. The zero-order valence-corrected chi connectivity index (χ0v) is 16.6. The van der Waals surface area contributed by atoms with Crippen molar-refractivity contribution in [1.29, 1.82) is 0 Å². The first kappa shape index (κ1) is 21.3. The third kappa shape index (κ3) is 6.21. The number of hydrogen-bond acceptors (Lipinski definition) is 5. The number of amides is 1. The van der Waals surface area contributed by atoms with Gasteiger partial charge in [0.1, 0.15) is 6.54 Å². The van der Waals surface area contributed by atoms with Gasteiger partial charge in [-0.2, -0.15) is 0 Å². The van der Waals surface area contributed by atoms with Gasteiger partial charge in [0.25, 0.3) is 0 Å². The SMILES string of the molecule is COC(=O)CN(C(=O)CSC(=O)C=C(C)C)c1c(C)ccc(Cl)c1C. The van der Waals surface area contributed by atoms with Gasteiger partial charge in [-0.25, -0.2) is 0 Å². The van der Waals surface area contributed by atoms with Crippen LogP contribution in [0.2, 0.25) is 5.02 Å². The summed E-state index contributed by atoms with van der Waals surface area (Å²) in [7, 11) is 1.26. The molecule has 0 unspecified atom stereocenters. The molecule has 0 aliphatic carbocycles.